The quantitative estimate of drug-likeness (QED) is 0.874. The number of carbonyl (C=O) groups is 1. The molecule has 2 aromatic rings. The van der Waals surface area contributed by atoms with Gasteiger partial charge in [0.25, 0.3) is 0 Å². The molecule has 8 nitrogen and oxygen atoms in total. The van der Waals surface area contributed by atoms with Crippen molar-refractivity contribution in [2.24, 2.45) is 0 Å². The van der Waals surface area contributed by atoms with Crippen molar-refractivity contribution in [2.75, 3.05) is 13.7 Å². The lowest BCUT2D eigenvalue weighted by atomic mass is 10.2. The van der Waals surface area contributed by atoms with Crippen LogP contribution in [0.25, 0.3) is 0 Å². The Bertz CT molecular complexity index is 898. The van der Waals surface area contributed by atoms with Crippen molar-refractivity contribution < 1.29 is 23.1 Å². The van der Waals surface area contributed by atoms with Crippen LogP contribution in [0, 0.1) is 0 Å². The molecule has 1 aliphatic rings. The van der Waals surface area contributed by atoms with Crippen LogP contribution < -0.4 is 4.74 Å². The third-order valence-electron chi connectivity index (χ3n) is 3.82. The molecule has 0 spiro atoms. The summed E-state index contributed by atoms with van der Waals surface area (Å²) in [5, 5.41) is 9.22. The third kappa shape index (κ3) is 2.83. The van der Waals surface area contributed by atoms with E-state index in [9.17, 15) is 18.3 Å². The molecule has 0 amide bonds. The first-order valence-corrected chi connectivity index (χ1v) is 8.57. The van der Waals surface area contributed by atoms with Crippen molar-refractivity contribution in [3.05, 3.63) is 47.5 Å². The molecule has 24 heavy (non-hydrogen) atoms. The van der Waals surface area contributed by atoms with Crippen LogP contribution in [0.5, 0.6) is 5.75 Å². The highest BCUT2D eigenvalue weighted by Crippen LogP contribution is 2.27. The van der Waals surface area contributed by atoms with Crippen molar-refractivity contribution in [2.45, 2.75) is 17.9 Å². The summed E-state index contributed by atoms with van der Waals surface area (Å²) >= 11 is 0. The fourth-order valence-electron chi connectivity index (χ4n) is 2.58. The van der Waals surface area contributed by atoms with Gasteiger partial charge in [-0.2, -0.15) is 4.31 Å². The molecule has 0 bridgehead atoms. The number of carboxylic acid groups (broad SMARTS) is 1. The summed E-state index contributed by atoms with van der Waals surface area (Å²) in [7, 11) is -2.51. The number of benzene rings is 1. The number of sulfonamides is 1. The van der Waals surface area contributed by atoms with Gasteiger partial charge >= 0.3 is 5.97 Å². The van der Waals surface area contributed by atoms with E-state index in [1.54, 1.807) is 6.20 Å². The Kier molecular flexibility index (Phi) is 4.20. The molecule has 2 heterocycles. The molecule has 0 saturated carbocycles. The van der Waals surface area contributed by atoms with Crippen molar-refractivity contribution in [3.63, 3.8) is 0 Å². The first kappa shape index (κ1) is 16.3. The van der Waals surface area contributed by atoms with E-state index in [0.717, 1.165) is 11.8 Å². The molecule has 9 heteroatoms. The van der Waals surface area contributed by atoms with Gasteiger partial charge in [-0.25, -0.2) is 13.2 Å². The maximum Gasteiger partial charge on any atom is 0.339 e. The highest BCUT2D eigenvalue weighted by molar-refractivity contribution is 7.89. The minimum atomic E-state index is -3.84. The van der Waals surface area contributed by atoms with Gasteiger partial charge < -0.3 is 9.84 Å². The number of hydrogen-bond donors (Lipinski definition) is 1. The van der Waals surface area contributed by atoms with Gasteiger partial charge in [-0.1, -0.05) is 0 Å². The molecule has 0 saturated heterocycles. The molecule has 1 aliphatic heterocycles. The maximum atomic E-state index is 12.8. The summed E-state index contributed by atoms with van der Waals surface area (Å²) in [6, 6.07) is 3.80. The van der Waals surface area contributed by atoms with Crippen LogP contribution in [0.4, 0.5) is 0 Å². The number of methoxy groups -OCH3 is 1. The zero-order valence-electron chi connectivity index (χ0n) is 12.8. The highest BCUT2D eigenvalue weighted by Gasteiger charge is 2.30. The predicted molar refractivity (Wildman–Crippen MR) is 83.3 cm³/mol. The van der Waals surface area contributed by atoms with Gasteiger partial charge in [0.1, 0.15) is 11.3 Å². The zero-order chi connectivity index (χ0) is 17.3. The lowest BCUT2D eigenvalue weighted by Crippen LogP contribution is -2.36. The van der Waals surface area contributed by atoms with Gasteiger partial charge in [0, 0.05) is 25.4 Å². The first-order valence-electron chi connectivity index (χ1n) is 7.13. The van der Waals surface area contributed by atoms with E-state index in [4.69, 9.17) is 4.74 Å². The number of rotatable bonds is 4. The summed E-state index contributed by atoms with van der Waals surface area (Å²) in [6.45, 7) is 0.377. The van der Waals surface area contributed by atoms with E-state index in [0.29, 0.717) is 12.1 Å². The van der Waals surface area contributed by atoms with Crippen LogP contribution in [-0.4, -0.2) is 47.4 Å². The predicted octanol–water partition coefficient (Wildman–Crippen LogP) is 0.930. The number of ether oxygens (including phenoxy) is 1. The van der Waals surface area contributed by atoms with E-state index in [1.807, 2.05) is 0 Å². The van der Waals surface area contributed by atoms with E-state index in [-0.39, 0.29) is 29.3 Å². The second-order valence-corrected chi connectivity index (χ2v) is 7.14. The Morgan fingerprint density at radius 3 is 2.62 bits per heavy atom. The van der Waals surface area contributed by atoms with Crippen LogP contribution >= 0.6 is 0 Å². The summed E-state index contributed by atoms with van der Waals surface area (Å²) < 4.78 is 31.9. The standard InChI is InChI=1S/C15H15N3O5S/c1-23-14-3-2-10(8-11(14)15(19)20)24(21,22)18-7-4-12-13(9-18)17-6-5-16-12/h2-3,5-6,8H,4,7,9H2,1H3,(H,19,20). The van der Waals surface area contributed by atoms with Crippen LogP contribution in [0.3, 0.4) is 0 Å². The van der Waals surface area contributed by atoms with Gasteiger partial charge in [0.15, 0.2) is 0 Å². The van der Waals surface area contributed by atoms with E-state index < -0.39 is 16.0 Å². The first-order chi connectivity index (χ1) is 11.4. The number of carboxylic acids is 1. The molecule has 1 aromatic heterocycles. The second-order valence-electron chi connectivity index (χ2n) is 5.21. The number of aromatic nitrogens is 2. The molecular formula is C15H15N3O5S. The summed E-state index contributed by atoms with van der Waals surface area (Å²) in [5.74, 6) is -1.14. The smallest absolute Gasteiger partial charge is 0.339 e. The molecule has 1 N–H and O–H groups in total. The van der Waals surface area contributed by atoms with Crippen LogP contribution in [0.2, 0.25) is 0 Å². The van der Waals surface area contributed by atoms with Crippen molar-refractivity contribution in [3.8, 4) is 5.75 Å². The fraction of sp³-hybridized carbons (Fsp3) is 0.267. The number of aromatic carboxylic acids is 1. The lowest BCUT2D eigenvalue weighted by molar-refractivity contribution is 0.0693. The number of hydrogen-bond acceptors (Lipinski definition) is 6. The summed E-state index contributed by atoms with van der Waals surface area (Å²) in [5.41, 5.74) is 1.19. The SMILES string of the molecule is COc1ccc(S(=O)(=O)N2CCc3nccnc3C2)cc1C(=O)O. The van der Waals surface area contributed by atoms with Gasteiger partial charge in [0.05, 0.1) is 29.9 Å². The molecular weight excluding hydrogens is 334 g/mol. The molecule has 0 unspecified atom stereocenters. The third-order valence-corrected chi connectivity index (χ3v) is 5.66. The van der Waals surface area contributed by atoms with Gasteiger partial charge in [-0.15, -0.1) is 0 Å². The largest absolute Gasteiger partial charge is 0.496 e. The van der Waals surface area contributed by atoms with Crippen LogP contribution in [-0.2, 0) is 23.0 Å². The average Bonchev–Trinajstić information content (AvgIpc) is 2.60. The monoisotopic (exact) mass is 349 g/mol. The fourth-order valence-corrected chi connectivity index (χ4v) is 4.01. The summed E-state index contributed by atoms with van der Waals surface area (Å²) in [4.78, 5) is 19.6. The van der Waals surface area contributed by atoms with Gasteiger partial charge in [0.2, 0.25) is 10.0 Å². The molecule has 0 aliphatic carbocycles. The average molecular weight is 349 g/mol. The Labute approximate surface area is 138 Å². The van der Waals surface area contributed by atoms with E-state index >= 15 is 0 Å². The topological polar surface area (TPSA) is 110 Å². The zero-order valence-corrected chi connectivity index (χ0v) is 13.7. The molecule has 1 aromatic carbocycles. The molecule has 0 fully saturated rings. The molecule has 0 radical (unpaired) electrons. The molecule has 0 atom stereocenters. The highest BCUT2D eigenvalue weighted by atomic mass is 32.2. The lowest BCUT2D eigenvalue weighted by Gasteiger charge is -2.26. The Morgan fingerprint density at radius 1 is 1.25 bits per heavy atom. The minimum Gasteiger partial charge on any atom is -0.496 e. The van der Waals surface area contributed by atoms with Crippen molar-refractivity contribution in [1.29, 1.82) is 0 Å². The number of nitrogens with zero attached hydrogens (tertiary/aromatic N) is 3. The van der Waals surface area contributed by atoms with Crippen molar-refractivity contribution in [1.82, 2.24) is 14.3 Å². The van der Waals surface area contributed by atoms with Crippen LogP contribution in [0.1, 0.15) is 21.7 Å². The van der Waals surface area contributed by atoms with Gasteiger partial charge in [-0.05, 0) is 18.2 Å². The number of fused-ring (bicyclic) bond motifs is 1. The van der Waals surface area contributed by atoms with Crippen LogP contribution in [0.15, 0.2) is 35.5 Å². The second kappa shape index (κ2) is 6.17. The van der Waals surface area contributed by atoms with E-state index in [1.165, 1.54) is 29.7 Å². The Balaban J connectivity index is 1.97. The summed E-state index contributed by atoms with van der Waals surface area (Å²) in [6.07, 6.45) is 3.56. The minimum absolute atomic E-state index is 0.0898. The molecule has 3 rings (SSSR count). The Morgan fingerprint density at radius 2 is 1.96 bits per heavy atom. The normalized spacial score (nSPS) is 14.9. The van der Waals surface area contributed by atoms with Gasteiger partial charge in [-0.3, -0.25) is 9.97 Å². The van der Waals surface area contributed by atoms with Crippen molar-refractivity contribution >= 4 is 16.0 Å². The molecule has 126 valence electrons. The maximum absolute atomic E-state index is 12.8. The Hall–Kier alpha value is -2.52. The van der Waals surface area contributed by atoms with E-state index in [2.05, 4.69) is 9.97 Å².